The van der Waals surface area contributed by atoms with Gasteiger partial charge in [-0.3, -0.25) is 4.79 Å². The zero-order valence-corrected chi connectivity index (χ0v) is 18.7. The number of hydrogen-bond acceptors (Lipinski definition) is 3. The molecule has 1 aliphatic heterocycles. The van der Waals surface area contributed by atoms with E-state index in [1.165, 1.54) is 44.6 Å². The van der Waals surface area contributed by atoms with Gasteiger partial charge in [0.15, 0.2) is 0 Å². The Morgan fingerprint density at radius 3 is 2.58 bits per heavy atom. The molecule has 3 heteroatoms. The Hall–Kier alpha value is -3.07. The minimum absolute atomic E-state index is 0.123. The molecule has 160 valence electrons. The van der Waals surface area contributed by atoms with Crippen LogP contribution in [-0.2, 0) is 22.4 Å². The molecule has 1 heterocycles. The van der Waals surface area contributed by atoms with Gasteiger partial charge in [0.05, 0.1) is 12.6 Å². The third-order valence-electron chi connectivity index (χ3n) is 6.18. The second-order valence-electron chi connectivity index (χ2n) is 8.42. The van der Waals surface area contributed by atoms with Crippen LogP contribution in [0, 0.1) is 13.8 Å². The van der Waals surface area contributed by atoms with E-state index < -0.39 is 0 Å². The Morgan fingerprint density at radius 2 is 1.81 bits per heavy atom. The van der Waals surface area contributed by atoms with Crippen LogP contribution in [-0.4, -0.2) is 12.6 Å². The van der Waals surface area contributed by atoms with E-state index in [4.69, 9.17) is 4.74 Å². The number of nitrogens with one attached hydrogen (secondary N) is 1. The number of aryl methyl sites for hydroxylation is 4. The highest BCUT2D eigenvalue weighted by molar-refractivity contribution is 5.72. The molecular weight excluding hydrogens is 382 g/mol. The first kappa shape index (κ1) is 21.2. The summed E-state index contributed by atoms with van der Waals surface area (Å²) in [5.41, 5.74) is 10.3. The van der Waals surface area contributed by atoms with Crippen LogP contribution in [0.3, 0.4) is 0 Å². The summed E-state index contributed by atoms with van der Waals surface area (Å²) in [6.45, 7) is 6.66. The van der Waals surface area contributed by atoms with Gasteiger partial charge in [0, 0.05) is 12.1 Å². The van der Waals surface area contributed by atoms with E-state index in [2.05, 4.69) is 79.8 Å². The second kappa shape index (κ2) is 9.38. The number of fused-ring (bicyclic) bond motifs is 1. The van der Waals surface area contributed by atoms with Gasteiger partial charge in [-0.05, 0) is 91.1 Å². The molecule has 0 radical (unpaired) electrons. The van der Waals surface area contributed by atoms with Crippen molar-refractivity contribution in [1.29, 1.82) is 0 Å². The van der Waals surface area contributed by atoms with Gasteiger partial charge in [-0.15, -0.1) is 0 Å². The third-order valence-corrected chi connectivity index (χ3v) is 6.18. The van der Waals surface area contributed by atoms with Gasteiger partial charge >= 0.3 is 5.97 Å². The Kier molecular flexibility index (Phi) is 6.41. The van der Waals surface area contributed by atoms with E-state index in [-0.39, 0.29) is 5.97 Å². The first-order valence-electron chi connectivity index (χ1n) is 11.3. The molecule has 3 aromatic carbocycles. The zero-order chi connectivity index (χ0) is 21.8. The number of ether oxygens (including phenoxy) is 1. The Bertz CT molecular complexity index is 1070. The van der Waals surface area contributed by atoms with Crippen LogP contribution in [0.5, 0.6) is 0 Å². The molecule has 0 amide bonds. The lowest BCUT2D eigenvalue weighted by atomic mass is 9.89. The number of benzene rings is 3. The van der Waals surface area contributed by atoms with Gasteiger partial charge in [-0.2, -0.15) is 0 Å². The second-order valence-corrected chi connectivity index (χ2v) is 8.42. The standard InChI is InChI=1S/C28H31NO2/c1-4-31-27(30)16-12-21-11-14-25-23(17-21)13-15-26(29-25)22-9-6-10-24(18-22)28-19(2)7-5-8-20(28)3/h5-11,14,17-18,26,29H,4,12-13,15-16H2,1-3H3. The van der Waals surface area contributed by atoms with Crippen molar-refractivity contribution in [3.8, 4) is 11.1 Å². The summed E-state index contributed by atoms with van der Waals surface area (Å²) in [5, 5.41) is 3.74. The highest BCUT2D eigenvalue weighted by Crippen LogP contribution is 2.35. The monoisotopic (exact) mass is 413 g/mol. The topological polar surface area (TPSA) is 38.3 Å². The molecule has 1 N–H and O–H groups in total. The molecular formula is C28H31NO2. The van der Waals surface area contributed by atoms with Crippen molar-refractivity contribution in [3.05, 3.63) is 88.5 Å². The van der Waals surface area contributed by atoms with Crippen molar-refractivity contribution >= 4 is 11.7 Å². The number of carbonyl (C=O) groups is 1. The molecule has 0 saturated carbocycles. The molecule has 31 heavy (non-hydrogen) atoms. The third kappa shape index (κ3) is 4.82. The lowest BCUT2D eigenvalue weighted by Crippen LogP contribution is -2.18. The molecule has 1 atom stereocenters. The van der Waals surface area contributed by atoms with E-state index in [9.17, 15) is 4.79 Å². The average Bonchev–Trinajstić information content (AvgIpc) is 2.77. The quantitative estimate of drug-likeness (QED) is 0.465. The minimum atomic E-state index is -0.123. The first-order valence-corrected chi connectivity index (χ1v) is 11.3. The fourth-order valence-electron chi connectivity index (χ4n) is 4.62. The smallest absolute Gasteiger partial charge is 0.306 e. The van der Waals surface area contributed by atoms with Gasteiger partial charge in [0.25, 0.3) is 0 Å². The predicted octanol–water partition coefficient (Wildman–Crippen LogP) is 6.57. The first-order chi connectivity index (χ1) is 15.0. The minimum Gasteiger partial charge on any atom is -0.466 e. The zero-order valence-electron chi connectivity index (χ0n) is 18.7. The average molecular weight is 414 g/mol. The van der Waals surface area contributed by atoms with Crippen molar-refractivity contribution < 1.29 is 9.53 Å². The van der Waals surface area contributed by atoms with Crippen LogP contribution in [0.4, 0.5) is 5.69 Å². The van der Waals surface area contributed by atoms with Crippen LogP contribution in [0.2, 0.25) is 0 Å². The molecule has 1 unspecified atom stereocenters. The normalized spacial score (nSPS) is 15.1. The Balaban J connectivity index is 1.50. The molecule has 4 rings (SSSR count). The number of anilines is 1. The van der Waals surface area contributed by atoms with Crippen molar-refractivity contribution in [1.82, 2.24) is 0 Å². The van der Waals surface area contributed by atoms with Crippen molar-refractivity contribution in [2.75, 3.05) is 11.9 Å². The van der Waals surface area contributed by atoms with Gasteiger partial charge in [-0.25, -0.2) is 0 Å². The summed E-state index contributed by atoms with van der Waals surface area (Å²) in [4.78, 5) is 11.6. The molecule has 0 spiro atoms. The van der Waals surface area contributed by atoms with E-state index >= 15 is 0 Å². The maximum atomic E-state index is 11.6. The molecule has 0 fully saturated rings. The van der Waals surface area contributed by atoms with Crippen LogP contribution in [0.15, 0.2) is 60.7 Å². The Morgan fingerprint density at radius 1 is 1.03 bits per heavy atom. The fourth-order valence-corrected chi connectivity index (χ4v) is 4.62. The van der Waals surface area contributed by atoms with Crippen LogP contribution in [0.1, 0.15) is 53.6 Å². The van der Waals surface area contributed by atoms with Crippen LogP contribution < -0.4 is 5.32 Å². The highest BCUT2D eigenvalue weighted by Gasteiger charge is 2.20. The summed E-state index contributed by atoms with van der Waals surface area (Å²) in [7, 11) is 0. The van der Waals surface area contributed by atoms with Crippen molar-refractivity contribution in [3.63, 3.8) is 0 Å². The summed E-state index contributed by atoms with van der Waals surface area (Å²) in [5.74, 6) is -0.123. The van der Waals surface area contributed by atoms with E-state index in [0.29, 0.717) is 19.1 Å². The summed E-state index contributed by atoms with van der Waals surface area (Å²) in [6.07, 6.45) is 3.26. The molecule has 3 nitrogen and oxygen atoms in total. The van der Waals surface area contributed by atoms with Crippen LogP contribution >= 0.6 is 0 Å². The predicted molar refractivity (Wildman–Crippen MR) is 127 cm³/mol. The molecule has 1 aliphatic rings. The molecule has 0 aliphatic carbocycles. The largest absolute Gasteiger partial charge is 0.466 e. The van der Waals surface area contributed by atoms with Gasteiger partial charge in [0.1, 0.15) is 0 Å². The van der Waals surface area contributed by atoms with E-state index in [0.717, 1.165) is 19.3 Å². The summed E-state index contributed by atoms with van der Waals surface area (Å²) in [6, 6.07) is 22.3. The molecule has 0 aromatic heterocycles. The number of hydrogen-bond donors (Lipinski definition) is 1. The SMILES string of the molecule is CCOC(=O)CCc1ccc2c(c1)CCC(c1cccc(-c3c(C)cccc3C)c1)N2. The Labute approximate surface area is 185 Å². The lowest BCUT2D eigenvalue weighted by Gasteiger charge is -2.28. The maximum absolute atomic E-state index is 11.6. The van der Waals surface area contributed by atoms with Crippen molar-refractivity contribution in [2.45, 2.75) is 52.5 Å². The number of esters is 1. The summed E-state index contributed by atoms with van der Waals surface area (Å²) < 4.78 is 5.04. The fraction of sp³-hybridized carbons (Fsp3) is 0.321. The van der Waals surface area contributed by atoms with Gasteiger partial charge in [-0.1, -0.05) is 48.5 Å². The molecule has 0 saturated heterocycles. The number of carbonyl (C=O) groups excluding carboxylic acids is 1. The summed E-state index contributed by atoms with van der Waals surface area (Å²) >= 11 is 0. The maximum Gasteiger partial charge on any atom is 0.306 e. The van der Waals surface area contributed by atoms with Crippen LogP contribution in [0.25, 0.3) is 11.1 Å². The van der Waals surface area contributed by atoms with Gasteiger partial charge < -0.3 is 10.1 Å². The van der Waals surface area contributed by atoms with E-state index in [1.54, 1.807) is 0 Å². The molecule has 0 bridgehead atoms. The highest BCUT2D eigenvalue weighted by atomic mass is 16.5. The van der Waals surface area contributed by atoms with Gasteiger partial charge in [0.2, 0.25) is 0 Å². The lowest BCUT2D eigenvalue weighted by molar-refractivity contribution is -0.143. The van der Waals surface area contributed by atoms with Crippen molar-refractivity contribution in [2.24, 2.45) is 0 Å². The van der Waals surface area contributed by atoms with E-state index in [1.807, 2.05) is 6.92 Å². The molecule has 3 aromatic rings. The number of rotatable bonds is 6.